The minimum Gasteiger partial charge on any atom is -0.326 e. The summed E-state index contributed by atoms with van der Waals surface area (Å²) in [5, 5.41) is 3.39. The van der Waals surface area contributed by atoms with Crippen LogP contribution in [0.1, 0.15) is 31.2 Å². The van der Waals surface area contributed by atoms with Gasteiger partial charge in [0.1, 0.15) is 0 Å². The summed E-state index contributed by atoms with van der Waals surface area (Å²) in [6.45, 7) is 0. The smallest absolute Gasteiger partial charge is 0.326 e. The number of carbonyl (C=O) groups is 1. The Morgan fingerprint density at radius 1 is 1.33 bits per heavy atom. The minimum atomic E-state index is -4.20. The Balaban J connectivity index is 1.99. The van der Waals surface area contributed by atoms with Gasteiger partial charge in [-0.1, -0.05) is 34.5 Å². The molecule has 2 atom stereocenters. The van der Waals surface area contributed by atoms with Crippen LogP contribution in [0.5, 0.6) is 0 Å². The van der Waals surface area contributed by atoms with Gasteiger partial charge in [0, 0.05) is 16.9 Å². The molecule has 0 bridgehead atoms. The summed E-state index contributed by atoms with van der Waals surface area (Å²) in [5.41, 5.74) is 1.63. The van der Waals surface area contributed by atoms with Crippen molar-refractivity contribution in [3.8, 4) is 0 Å². The van der Waals surface area contributed by atoms with Crippen molar-refractivity contribution in [1.29, 1.82) is 0 Å². The topological polar surface area (TPSA) is 29.1 Å². The van der Waals surface area contributed by atoms with Gasteiger partial charge in [-0.3, -0.25) is 4.79 Å². The van der Waals surface area contributed by atoms with E-state index in [2.05, 4.69) is 21.2 Å². The molecule has 1 aliphatic carbocycles. The molecule has 1 aromatic rings. The molecule has 6 heteroatoms. The monoisotopic (exact) mass is 363 g/mol. The highest BCUT2D eigenvalue weighted by Gasteiger charge is 2.43. The van der Waals surface area contributed by atoms with Gasteiger partial charge in [-0.2, -0.15) is 13.2 Å². The molecular weight excluding hydrogens is 347 g/mol. The summed E-state index contributed by atoms with van der Waals surface area (Å²) in [5.74, 6) is -2.22. The van der Waals surface area contributed by atoms with E-state index in [-0.39, 0.29) is 18.7 Å². The average molecular weight is 364 g/mol. The van der Waals surface area contributed by atoms with E-state index < -0.39 is 18.0 Å². The van der Waals surface area contributed by atoms with Gasteiger partial charge >= 0.3 is 6.18 Å². The van der Waals surface area contributed by atoms with Crippen molar-refractivity contribution in [3.05, 3.63) is 29.8 Å². The number of amides is 1. The van der Waals surface area contributed by atoms with Gasteiger partial charge in [-0.05, 0) is 37.0 Å². The summed E-state index contributed by atoms with van der Waals surface area (Å²) >= 11 is 3.33. The largest absolute Gasteiger partial charge is 0.391 e. The van der Waals surface area contributed by atoms with Crippen molar-refractivity contribution in [2.24, 2.45) is 11.8 Å². The summed E-state index contributed by atoms with van der Waals surface area (Å²) in [4.78, 5) is 12.1. The van der Waals surface area contributed by atoms with Crippen molar-refractivity contribution >= 4 is 27.5 Å². The third-order valence-corrected chi connectivity index (χ3v) is 4.50. The summed E-state index contributed by atoms with van der Waals surface area (Å²) in [6.07, 6.45) is -3.20. The van der Waals surface area contributed by atoms with E-state index in [4.69, 9.17) is 0 Å². The SMILES string of the molecule is O=C(Nc1cccc(CBr)c1)C1CCCC(C(F)(F)F)C1. The number of nitrogens with one attached hydrogen (secondary N) is 1. The molecule has 2 nitrogen and oxygen atoms in total. The fraction of sp³-hybridized carbons (Fsp3) is 0.533. The van der Waals surface area contributed by atoms with Crippen molar-refractivity contribution in [3.63, 3.8) is 0 Å². The summed E-state index contributed by atoms with van der Waals surface area (Å²) in [6, 6.07) is 7.28. The molecule has 21 heavy (non-hydrogen) atoms. The second-order valence-corrected chi connectivity index (χ2v) is 5.99. The number of hydrogen-bond acceptors (Lipinski definition) is 1. The van der Waals surface area contributed by atoms with E-state index in [1.807, 2.05) is 18.2 Å². The van der Waals surface area contributed by atoms with Crippen LogP contribution in [0.25, 0.3) is 0 Å². The van der Waals surface area contributed by atoms with Gasteiger partial charge < -0.3 is 5.32 Å². The molecular formula is C15H17BrF3NO. The maximum Gasteiger partial charge on any atom is 0.391 e. The number of rotatable bonds is 3. The standard InChI is InChI=1S/C15H17BrF3NO/c16-9-10-3-1-6-13(7-10)20-14(21)11-4-2-5-12(8-11)15(17,18)19/h1,3,6-7,11-12H,2,4-5,8-9H2,(H,20,21). The molecule has 116 valence electrons. The first-order valence-corrected chi connectivity index (χ1v) is 8.05. The van der Waals surface area contributed by atoms with Gasteiger partial charge in [0.2, 0.25) is 5.91 Å². The highest BCUT2D eigenvalue weighted by molar-refractivity contribution is 9.08. The Morgan fingerprint density at radius 3 is 2.76 bits per heavy atom. The van der Waals surface area contributed by atoms with Crippen LogP contribution in [0.15, 0.2) is 24.3 Å². The Hall–Kier alpha value is -1.04. The molecule has 0 radical (unpaired) electrons. The second kappa shape index (κ2) is 6.81. The molecule has 1 amide bonds. The first-order valence-electron chi connectivity index (χ1n) is 6.92. The first kappa shape index (κ1) is 16.3. The molecule has 1 aromatic carbocycles. The highest BCUT2D eigenvalue weighted by Crippen LogP contribution is 2.40. The molecule has 0 spiro atoms. The van der Waals surface area contributed by atoms with Gasteiger partial charge in [0.05, 0.1) is 5.92 Å². The average Bonchev–Trinajstić information content (AvgIpc) is 2.46. The van der Waals surface area contributed by atoms with Crippen molar-refractivity contribution < 1.29 is 18.0 Å². The predicted octanol–water partition coefficient (Wildman–Crippen LogP) is 4.89. The molecule has 0 aromatic heterocycles. The van der Waals surface area contributed by atoms with Gasteiger partial charge in [0.25, 0.3) is 0 Å². The van der Waals surface area contributed by atoms with Crippen molar-refractivity contribution in [2.75, 3.05) is 5.32 Å². The lowest BCUT2D eigenvalue weighted by Gasteiger charge is -2.29. The molecule has 1 saturated carbocycles. The number of benzene rings is 1. The molecule has 2 rings (SSSR count). The molecule has 0 heterocycles. The molecule has 1 aliphatic rings. The van der Waals surface area contributed by atoms with E-state index in [0.29, 0.717) is 23.9 Å². The highest BCUT2D eigenvalue weighted by atomic mass is 79.9. The quantitative estimate of drug-likeness (QED) is 0.761. The molecule has 1 N–H and O–H groups in total. The van der Waals surface area contributed by atoms with Crippen LogP contribution in [-0.4, -0.2) is 12.1 Å². The van der Waals surface area contributed by atoms with Crippen LogP contribution in [-0.2, 0) is 10.1 Å². The van der Waals surface area contributed by atoms with Gasteiger partial charge in [-0.25, -0.2) is 0 Å². The summed E-state index contributed by atoms with van der Waals surface area (Å²) < 4.78 is 38.3. The zero-order valence-corrected chi connectivity index (χ0v) is 13.0. The fourth-order valence-corrected chi connectivity index (χ4v) is 3.05. The second-order valence-electron chi connectivity index (χ2n) is 5.43. The van der Waals surface area contributed by atoms with Crippen LogP contribution in [0.4, 0.5) is 18.9 Å². The fourth-order valence-electron chi connectivity index (χ4n) is 2.70. The number of carbonyl (C=O) groups excluding carboxylic acids is 1. The number of hydrogen-bond donors (Lipinski definition) is 1. The van der Waals surface area contributed by atoms with Crippen molar-refractivity contribution in [1.82, 2.24) is 0 Å². The molecule has 0 saturated heterocycles. The Morgan fingerprint density at radius 2 is 2.10 bits per heavy atom. The normalized spacial score (nSPS) is 22.9. The maximum absolute atomic E-state index is 12.8. The molecule has 2 unspecified atom stereocenters. The lowest BCUT2D eigenvalue weighted by molar-refractivity contribution is -0.185. The van der Waals surface area contributed by atoms with Crippen molar-refractivity contribution in [2.45, 2.75) is 37.2 Å². The minimum absolute atomic E-state index is 0.104. The Bertz CT molecular complexity index is 504. The maximum atomic E-state index is 12.8. The Labute approximate surface area is 130 Å². The molecule has 1 fully saturated rings. The van der Waals surface area contributed by atoms with E-state index in [0.717, 1.165) is 5.56 Å². The van der Waals surface area contributed by atoms with Crippen LogP contribution >= 0.6 is 15.9 Å². The third kappa shape index (κ3) is 4.46. The van der Waals surface area contributed by atoms with Crippen LogP contribution in [0.2, 0.25) is 0 Å². The first-order chi connectivity index (χ1) is 9.90. The summed E-state index contributed by atoms with van der Waals surface area (Å²) in [7, 11) is 0. The molecule has 0 aliphatic heterocycles. The van der Waals surface area contributed by atoms with Gasteiger partial charge in [0.15, 0.2) is 0 Å². The van der Waals surface area contributed by atoms with E-state index in [1.165, 1.54) is 0 Å². The van der Waals surface area contributed by atoms with E-state index in [9.17, 15) is 18.0 Å². The van der Waals surface area contributed by atoms with E-state index in [1.54, 1.807) is 6.07 Å². The Kier molecular flexibility index (Phi) is 5.30. The lowest BCUT2D eigenvalue weighted by Crippen LogP contribution is -2.34. The number of anilines is 1. The van der Waals surface area contributed by atoms with Crippen LogP contribution < -0.4 is 5.32 Å². The lowest BCUT2D eigenvalue weighted by atomic mass is 9.80. The third-order valence-electron chi connectivity index (χ3n) is 3.86. The van der Waals surface area contributed by atoms with Crippen LogP contribution in [0, 0.1) is 11.8 Å². The number of halogens is 4. The van der Waals surface area contributed by atoms with E-state index >= 15 is 0 Å². The zero-order valence-electron chi connectivity index (χ0n) is 11.4. The number of alkyl halides is 4. The van der Waals surface area contributed by atoms with Crippen LogP contribution in [0.3, 0.4) is 0 Å². The predicted molar refractivity (Wildman–Crippen MR) is 79.2 cm³/mol. The van der Waals surface area contributed by atoms with Gasteiger partial charge in [-0.15, -0.1) is 0 Å². The zero-order chi connectivity index (χ0) is 15.5.